The zero-order chi connectivity index (χ0) is 41.2. The summed E-state index contributed by atoms with van der Waals surface area (Å²) in [5.74, 6) is -5.08. The van der Waals surface area contributed by atoms with E-state index < -0.39 is 106 Å². The van der Waals surface area contributed by atoms with Crippen LogP contribution in [-0.2, 0) is 33.3 Å². The fourth-order valence-electron chi connectivity index (χ4n) is 10.8. The van der Waals surface area contributed by atoms with Crippen LogP contribution in [0.3, 0.4) is 0 Å². The topological polar surface area (TPSA) is 224 Å². The predicted molar refractivity (Wildman–Crippen MR) is 199 cm³/mol. The number of methoxy groups -OCH3 is 1. The Kier molecular flexibility index (Phi) is 11.4. The number of fused-ring (bicyclic) bond motifs is 4. The Hall–Kier alpha value is -3.70. The number of aliphatic hydroxyl groups excluding tert-OH is 3. The molecule has 5 N–H and O–H groups in total. The molecule has 0 aromatic rings. The molecule has 1 amide bonds. The number of hydrogen-bond donors (Lipinski definition) is 5. The van der Waals surface area contributed by atoms with Crippen molar-refractivity contribution in [3.63, 3.8) is 0 Å². The maximum absolute atomic E-state index is 14.9. The number of esters is 1. The standard InChI is InChI=1S/C41H55N2O13/c1-19-9-12-29(55-30-17-39(6,43(51)52)34(23(5)54-30)42-38(50)53-8)20(2)14-27-28(45)15-24(18-44)16-41(27)36(48)31(37(49)56-41)35(47)40(7)26(19)11-10-25-32(40)21(3)13-22(4)33(25)46/h9-11,14-15,18,21-23,25-30,32-34,45-47,51H,12-13,16-17H2,1-8H3,(H,42,50)/q-1/b19-9-,20-14-,35-31-/t21-,22-,23-,25-,26-,27+,28-,29-,30+,32+,33-,34+,39+,40+,41-/m1/s1. The lowest BCUT2D eigenvalue weighted by Gasteiger charge is -2.55. The van der Waals surface area contributed by atoms with E-state index in [2.05, 4.69) is 5.32 Å². The molecule has 0 aromatic heterocycles. The normalized spacial score (nSPS) is 47.2. The summed E-state index contributed by atoms with van der Waals surface area (Å²) in [6.07, 6.45) is 3.60. The summed E-state index contributed by atoms with van der Waals surface area (Å²) < 4.78 is 23.5. The van der Waals surface area contributed by atoms with Gasteiger partial charge in [0.05, 0.1) is 49.0 Å². The van der Waals surface area contributed by atoms with Gasteiger partial charge in [-0.25, -0.2) is 9.59 Å². The highest BCUT2D eigenvalue weighted by Gasteiger charge is 2.64. The Morgan fingerprint density at radius 3 is 2.43 bits per heavy atom. The second-order valence-corrected chi connectivity index (χ2v) is 17.3. The van der Waals surface area contributed by atoms with Crippen LogP contribution < -0.4 is 5.32 Å². The van der Waals surface area contributed by atoms with Gasteiger partial charge >= 0.3 is 12.1 Å². The highest BCUT2D eigenvalue weighted by molar-refractivity contribution is 6.26. The monoisotopic (exact) mass is 783 g/mol. The maximum Gasteiger partial charge on any atom is 0.407 e. The Balaban J connectivity index is 1.51. The Morgan fingerprint density at radius 2 is 1.79 bits per heavy atom. The molecule has 6 aliphatic rings. The van der Waals surface area contributed by atoms with E-state index in [1.54, 1.807) is 19.9 Å². The van der Waals surface area contributed by atoms with Crippen LogP contribution in [0.5, 0.6) is 0 Å². The van der Waals surface area contributed by atoms with Crippen LogP contribution >= 0.6 is 0 Å². The molecule has 0 unspecified atom stereocenters. The Labute approximate surface area is 326 Å². The molecule has 2 bridgehead atoms. The molecule has 2 saturated heterocycles. The van der Waals surface area contributed by atoms with Crippen LogP contribution in [0.4, 0.5) is 4.79 Å². The minimum atomic E-state index is -2.09. The average molecular weight is 784 g/mol. The number of rotatable bonds is 5. The van der Waals surface area contributed by atoms with Crippen LogP contribution in [-0.4, -0.2) is 105 Å². The number of ether oxygens (including phenoxy) is 4. The second kappa shape index (κ2) is 15.2. The largest absolute Gasteiger partial charge is 0.762 e. The number of nitrogens with zero attached hydrogens (tertiary/aromatic N) is 1. The Bertz CT molecular complexity index is 1780. The summed E-state index contributed by atoms with van der Waals surface area (Å²) >= 11 is 0. The first-order chi connectivity index (χ1) is 26.2. The molecule has 56 heavy (non-hydrogen) atoms. The van der Waals surface area contributed by atoms with Gasteiger partial charge in [-0.1, -0.05) is 50.6 Å². The van der Waals surface area contributed by atoms with Gasteiger partial charge in [0, 0.05) is 30.1 Å². The van der Waals surface area contributed by atoms with Gasteiger partial charge in [-0.05, 0) is 75.5 Å². The summed E-state index contributed by atoms with van der Waals surface area (Å²) in [7, 11) is 1.17. The van der Waals surface area contributed by atoms with Gasteiger partial charge in [-0.3, -0.25) is 14.8 Å². The lowest BCUT2D eigenvalue weighted by molar-refractivity contribution is -0.267. The number of carbonyl (C=O) groups is 4. The van der Waals surface area contributed by atoms with Crippen molar-refractivity contribution in [3.05, 3.63) is 63.6 Å². The number of amides is 1. The van der Waals surface area contributed by atoms with Crippen LogP contribution in [0.1, 0.15) is 74.1 Å². The minimum Gasteiger partial charge on any atom is -0.762 e. The average Bonchev–Trinajstić information content (AvgIpc) is 3.38. The highest BCUT2D eigenvalue weighted by atomic mass is 16.8. The fraction of sp³-hybridized carbons (Fsp3) is 0.659. The third-order valence-electron chi connectivity index (χ3n) is 13.8. The van der Waals surface area contributed by atoms with E-state index in [4.69, 9.17) is 18.9 Å². The van der Waals surface area contributed by atoms with Crippen molar-refractivity contribution in [2.24, 2.45) is 40.9 Å². The predicted octanol–water partition coefficient (Wildman–Crippen LogP) is 4.12. The molecule has 0 aromatic carbocycles. The molecule has 6 rings (SSSR count). The van der Waals surface area contributed by atoms with E-state index in [9.17, 15) is 44.9 Å². The number of Topliss-reactive ketones (excluding diaryl/α,β-unsaturated/α-hetero) is 1. The molecule has 1 saturated carbocycles. The summed E-state index contributed by atoms with van der Waals surface area (Å²) in [6.45, 7) is 12.5. The van der Waals surface area contributed by atoms with Crippen molar-refractivity contribution in [1.29, 1.82) is 0 Å². The van der Waals surface area contributed by atoms with Crippen molar-refractivity contribution in [2.45, 2.75) is 122 Å². The maximum atomic E-state index is 14.9. The zero-order valence-electron chi connectivity index (χ0n) is 33.1. The molecule has 15 atom stereocenters. The van der Waals surface area contributed by atoms with Crippen LogP contribution in [0.25, 0.3) is 0 Å². The van der Waals surface area contributed by atoms with E-state index in [0.717, 1.165) is 5.57 Å². The zero-order valence-corrected chi connectivity index (χ0v) is 33.1. The molecular formula is C41H55N2O13-. The van der Waals surface area contributed by atoms with Gasteiger partial charge in [0.1, 0.15) is 17.6 Å². The molecular weight excluding hydrogens is 728 g/mol. The first-order valence-corrected chi connectivity index (χ1v) is 19.3. The lowest BCUT2D eigenvalue weighted by atomic mass is 9.49. The number of hydrogen-bond acceptors (Lipinski definition) is 14. The third kappa shape index (κ3) is 6.68. The number of aliphatic hydroxyl groups is 3. The van der Waals surface area contributed by atoms with E-state index in [1.165, 1.54) is 20.1 Å². The lowest BCUT2D eigenvalue weighted by Crippen LogP contribution is -2.67. The molecule has 15 heteroatoms. The fourth-order valence-corrected chi connectivity index (χ4v) is 10.8. The first kappa shape index (κ1) is 41.9. The van der Waals surface area contributed by atoms with E-state index in [-0.39, 0.29) is 41.9 Å². The second-order valence-electron chi connectivity index (χ2n) is 17.3. The Morgan fingerprint density at radius 1 is 1.09 bits per heavy atom. The van der Waals surface area contributed by atoms with Gasteiger partial charge in [-0.15, -0.1) is 0 Å². The summed E-state index contributed by atoms with van der Waals surface area (Å²) in [4.78, 5) is 53.3. The number of ketones is 1. The molecule has 4 aliphatic carbocycles. The van der Waals surface area contributed by atoms with Gasteiger partial charge in [0.2, 0.25) is 5.78 Å². The molecule has 3 fully saturated rings. The highest BCUT2D eigenvalue weighted by Crippen LogP contribution is 2.60. The molecule has 2 aliphatic heterocycles. The van der Waals surface area contributed by atoms with Crippen molar-refractivity contribution in [1.82, 2.24) is 10.5 Å². The first-order valence-electron chi connectivity index (χ1n) is 19.3. The van der Waals surface area contributed by atoms with Crippen LogP contribution in [0.2, 0.25) is 0 Å². The van der Waals surface area contributed by atoms with Crippen LogP contribution in [0, 0.1) is 46.1 Å². The number of nitrogens with one attached hydrogen (secondary N) is 1. The number of allylic oxidation sites excluding steroid dienone is 3. The minimum absolute atomic E-state index is 0.0405. The van der Waals surface area contributed by atoms with Crippen molar-refractivity contribution in [3.8, 4) is 0 Å². The van der Waals surface area contributed by atoms with Crippen molar-refractivity contribution < 1.29 is 58.7 Å². The van der Waals surface area contributed by atoms with E-state index in [0.29, 0.717) is 18.3 Å². The number of carbonyl (C=O) groups excluding carboxylic acids is 4. The third-order valence-corrected chi connectivity index (χ3v) is 13.8. The number of aldehydes is 1. The quantitative estimate of drug-likeness (QED) is 0.0870. The molecule has 0 radical (unpaired) electrons. The summed E-state index contributed by atoms with van der Waals surface area (Å²) in [6, 6.07) is -1.01. The van der Waals surface area contributed by atoms with Crippen molar-refractivity contribution in [2.75, 3.05) is 7.11 Å². The summed E-state index contributed by atoms with van der Waals surface area (Å²) in [5, 5.41) is 60.9. The van der Waals surface area contributed by atoms with E-state index in [1.807, 2.05) is 45.9 Å². The SMILES string of the molecule is COC(=O)N[C@H]1[C@@H](C)O[C@@H](O[C@@H]2C/C=C(/C)[C@H]3C=C[C@H]4[C@H](O)[C@H](C)C[C@@H](C)[C@@H]4[C@@]3(C)/C(O)=C3/C(=O)O[C@@]4(CC(C=O)=C[C@@H](O)[C@@H]4/C=C\2C)C3=O)C[C@]1(C)N([O-])O. The van der Waals surface area contributed by atoms with Gasteiger partial charge in [0.25, 0.3) is 0 Å². The summed E-state index contributed by atoms with van der Waals surface area (Å²) in [5.41, 5.74) is -4.23. The smallest absolute Gasteiger partial charge is 0.407 e. The molecule has 308 valence electrons. The van der Waals surface area contributed by atoms with Gasteiger partial charge < -0.3 is 50.0 Å². The molecule has 1 spiro atoms. The van der Waals surface area contributed by atoms with Gasteiger partial charge in [-0.2, -0.15) is 0 Å². The van der Waals surface area contributed by atoms with Crippen LogP contribution in [0.15, 0.2) is 58.4 Å². The molecule has 2 heterocycles. The van der Waals surface area contributed by atoms with Crippen molar-refractivity contribution >= 4 is 24.1 Å². The van der Waals surface area contributed by atoms with Gasteiger partial charge in [0.15, 0.2) is 11.9 Å². The number of hydroxylamine groups is 2. The molecule has 15 nitrogen and oxygen atoms in total. The number of alkyl carbamates (subject to hydrolysis) is 1. The van der Waals surface area contributed by atoms with E-state index >= 15 is 0 Å².